The molecule has 1 rings (SSSR count). The third kappa shape index (κ3) is 44.3. The van der Waals surface area contributed by atoms with Crippen molar-refractivity contribution in [3.63, 3.8) is 0 Å². The zero-order chi connectivity index (χ0) is 55.4. The zero-order valence-corrected chi connectivity index (χ0v) is 49.9. The molecule has 0 radical (unpaired) electrons. The van der Waals surface area contributed by atoms with Crippen molar-refractivity contribution in [3.8, 4) is 0 Å². The fourth-order valence-electron chi connectivity index (χ4n) is 10.5. The molecule has 13 heteroatoms. The summed E-state index contributed by atoms with van der Waals surface area (Å²) in [5.41, 5.74) is 0. The van der Waals surface area contributed by atoms with Crippen molar-refractivity contribution in [2.45, 2.75) is 358 Å². The Hall–Kier alpha value is -1.42. The molecule has 1 aliphatic rings. The van der Waals surface area contributed by atoms with Crippen molar-refractivity contribution in [3.05, 3.63) is 24.3 Å². The number of carbonyl (C=O) groups excluding carboxylic acids is 1. The molecular formula is C63H121NO11S. The molecule has 76 heavy (non-hydrogen) atoms. The summed E-state index contributed by atoms with van der Waals surface area (Å²) in [5, 5.41) is 45.1. The normalized spacial score (nSPS) is 19.1. The largest absolute Gasteiger partial charge is 0.397 e. The first-order valence-corrected chi connectivity index (χ1v) is 33.6. The van der Waals surface area contributed by atoms with Gasteiger partial charge in [0.1, 0.15) is 24.4 Å². The smallest absolute Gasteiger partial charge is 0.394 e. The fourth-order valence-corrected chi connectivity index (χ4v) is 11.0. The predicted octanol–water partition coefficient (Wildman–Crippen LogP) is 16.0. The number of unbranched alkanes of at least 4 members (excludes halogenated alkanes) is 43. The monoisotopic (exact) mass is 1100 g/mol. The van der Waals surface area contributed by atoms with Crippen LogP contribution in [0.1, 0.15) is 316 Å². The molecule has 0 aromatic carbocycles. The Labute approximate surface area is 467 Å². The lowest BCUT2D eigenvalue weighted by molar-refractivity contribution is -0.298. The highest BCUT2D eigenvalue weighted by molar-refractivity contribution is 7.80. The van der Waals surface area contributed by atoms with Crippen LogP contribution in [0, 0.1) is 0 Å². The highest BCUT2D eigenvalue weighted by Gasteiger charge is 2.48. The van der Waals surface area contributed by atoms with E-state index in [2.05, 4.69) is 35.5 Å². The first kappa shape index (κ1) is 72.6. The minimum atomic E-state index is -5.09. The van der Waals surface area contributed by atoms with Crippen molar-refractivity contribution < 1.29 is 51.8 Å². The third-order valence-corrected chi connectivity index (χ3v) is 15.9. The molecule has 7 unspecified atom stereocenters. The van der Waals surface area contributed by atoms with E-state index in [0.29, 0.717) is 6.42 Å². The lowest BCUT2D eigenvalue weighted by Gasteiger charge is -2.41. The average molecular weight is 1100 g/mol. The molecule has 0 aromatic rings. The molecule has 0 aromatic heterocycles. The van der Waals surface area contributed by atoms with Crippen LogP contribution in [-0.4, -0.2) is 95.4 Å². The molecule has 1 heterocycles. The van der Waals surface area contributed by atoms with Crippen LogP contribution >= 0.6 is 0 Å². The first-order valence-electron chi connectivity index (χ1n) is 32.2. The first-order chi connectivity index (χ1) is 37.0. The maximum Gasteiger partial charge on any atom is 0.397 e. The molecular weight excluding hydrogens is 979 g/mol. The van der Waals surface area contributed by atoms with E-state index in [4.69, 9.17) is 9.47 Å². The van der Waals surface area contributed by atoms with Gasteiger partial charge in [-0.3, -0.25) is 9.35 Å². The van der Waals surface area contributed by atoms with Crippen molar-refractivity contribution in [2.24, 2.45) is 0 Å². The van der Waals surface area contributed by atoms with E-state index < -0.39 is 59.9 Å². The van der Waals surface area contributed by atoms with Crippen molar-refractivity contribution >= 4 is 16.3 Å². The zero-order valence-electron chi connectivity index (χ0n) is 49.1. The second kappa shape index (κ2) is 52.9. The lowest BCUT2D eigenvalue weighted by Crippen LogP contribution is -2.61. The summed E-state index contributed by atoms with van der Waals surface area (Å²) in [6.07, 6.45) is 58.1. The highest BCUT2D eigenvalue weighted by atomic mass is 32.3. The quantitative estimate of drug-likeness (QED) is 0.0193. The van der Waals surface area contributed by atoms with Crippen LogP contribution in [0.2, 0.25) is 0 Å². The number of amides is 1. The number of aliphatic hydroxyl groups is 4. The van der Waals surface area contributed by atoms with Gasteiger partial charge in [-0.2, -0.15) is 8.42 Å². The Bertz CT molecular complexity index is 1430. The number of hydrogen-bond donors (Lipinski definition) is 6. The summed E-state index contributed by atoms with van der Waals surface area (Å²) in [6.45, 7) is 3.45. The van der Waals surface area contributed by atoms with Crippen LogP contribution < -0.4 is 5.32 Å². The molecule has 0 aliphatic carbocycles. The summed E-state index contributed by atoms with van der Waals surface area (Å²) < 4.78 is 47.9. The topological polar surface area (TPSA) is 192 Å². The number of aliphatic hydroxyl groups excluding tert-OH is 4. The van der Waals surface area contributed by atoms with Gasteiger partial charge in [-0.15, -0.1) is 0 Å². The molecule has 1 fully saturated rings. The maximum absolute atomic E-state index is 13.2. The molecule has 1 aliphatic heterocycles. The number of rotatable bonds is 57. The van der Waals surface area contributed by atoms with E-state index in [1.54, 1.807) is 6.08 Å². The molecule has 0 saturated carbocycles. The van der Waals surface area contributed by atoms with Gasteiger partial charge in [0.05, 0.1) is 25.4 Å². The number of nitrogens with one attached hydrogen (secondary N) is 1. The van der Waals surface area contributed by atoms with Crippen molar-refractivity contribution in [2.75, 3.05) is 13.2 Å². The van der Waals surface area contributed by atoms with Gasteiger partial charge in [0.15, 0.2) is 6.29 Å². The van der Waals surface area contributed by atoms with E-state index in [-0.39, 0.29) is 18.9 Å². The van der Waals surface area contributed by atoms with Gasteiger partial charge >= 0.3 is 10.4 Å². The standard InChI is InChI=1S/C63H121NO11S/c1-3-5-7-9-11-13-15-17-19-21-23-25-26-27-28-29-30-31-32-33-35-37-39-41-43-45-47-49-51-53-59(67)64-56(55-73-63-61(69)62(75-76(70,71)72)60(68)58(54-65)74-63)57(66)52-50-48-46-44-42-40-38-36-34-24-22-20-18-16-14-12-10-8-6-4-2/h27-28,50,52,56-58,60-63,65-66,68-69H,3-26,29-49,51,53-55H2,1-2H3,(H,64,67)(H,70,71,72)/b28-27-,52-50+. The van der Waals surface area contributed by atoms with E-state index >= 15 is 0 Å². The van der Waals surface area contributed by atoms with Crippen molar-refractivity contribution in [1.82, 2.24) is 5.32 Å². The fraction of sp³-hybridized carbons (Fsp3) is 0.921. The van der Waals surface area contributed by atoms with Crippen LogP contribution in [0.5, 0.6) is 0 Å². The Morgan fingerprint density at radius 1 is 0.513 bits per heavy atom. The molecule has 12 nitrogen and oxygen atoms in total. The average Bonchev–Trinajstić information content (AvgIpc) is 3.40. The minimum Gasteiger partial charge on any atom is -0.394 e. The minimum absolute atomic E-state index is 0.257. The Morgan fingerprint density at radius 2 is 0.842 bits per heavy atom. The van der Waals surface area contributed by atoms with Crippen LogP contribution in [0.4, 0.5) is 0 Å². The van der Waals surface area contributed by atoms with Gasteiger partial charge in [0.2, 0.25) is 5.91 Å². The number of hydrogen-bond acceptors (Lipinski definition) is 10. The molecule has 0 bridgehead atoms. The van der Waals surface area contributed by atoms with Crippen LogP contribution in [0.3, 0.4) is 0 Å². The summed E-state index contributed by atoms with van der Waals surface area (Å²) in [7, 11) is -5.09. The highest BCUT2D eigenvalue weighted by Crippen LogP contribution is 2.26. The number of ether oxygens (including phenoxy) is 2. The predicted molar refractivity (Wildman–Crippen MR) is 315 cm³/mol. The molecule has 0 spiro atoms. The van der Waals surface area contributed by atoms with Crippen LogP contribution in [0.25, 0.3) is 0 Å². The van der Waals surface area contributed by atoms with Gasteiger partial charge in [-0.25, -0.2) is 4.18 Å². The second-order valence-corrected chi connectivity index (χ2v) is 23.8. The van der Waals surface area contributed by atoms with Gasteiger partial charge in [-0.1, -0.05) is 289 Å². The molecule has 6 N–H and O–H groups in total. The van der Waals surface area contributed by atoms with Gasteiger partial charge in [0, 0.05) is 6.42 Å². The van der Waals surface area contributed by atoms with Gasteiger partial charge < -0.3 is 35.2 Å². The summed E-state index contributed by atoms with van der Waals surface area (Å²) in [4.78, 5) is 13.2. The third-order valence-electron chi connectivity index (χ3n) is 15.5. The Kier molecular flexibility index (Phi) is 50.6. The van der Waals surface area contributed by atoms with Crippen LogP contribution in [-0.2, 0) is 28.9 Å². The maximum atomic E-state index is 13.2. The Morgan fingerprint density at radius 3 is 1.18 bits per heavy atom. The Balaban J connectivity index is 2.29. The van der Waals surface area contributed by atoms with E-state index in [1.165, 1.54) is 250 Å². The molecule has 7 atom stereocenters. The van der Waals surface area contributed by atoms with Gasteiger partial charge in [0.25, 0.3) is 0 Å². The molecule has 450 valence electrons. The van der Waals surface area contributed by atoms with E-state index in [0.717, 1.165) is 38.5 Å². The van der Waals surface area contributed by atoms with Crippen molar-refractivity contribution in [1.29, 1.82) is 0 Å². The van der Waals surface area contributed by atoms with Crippen LogP contribution in [0.15, 0.2) is 24.3 Å². The number of allylic oxidation sites excluding steroid dienone is 3. The van der Waals surface area contributed by atoms with E-state index in [9.17, 15) is 38.2 Å². The van der Waals surface area contributed by atoms with Gasteiger partial charge in [-0.05, 0) is 44.9 Å². The lowest BCUT2D eigenvalue weighted by atomic mass is 9.99. The molecule has 1 amide bonds. The second-order valence-electron chi connectivity index (χ2n) is 22.7. The molecule has 1 saturated heterocycles. The van der Waals surface area contributed by atoms with E-state index in [1.807, 2.05) is 6.08 Å². The summed E-state index contributed by atoms with van der Waals surface area (Å²) in [6, 6.07) is -0.943. The SMILES string of the molecule is CCCCCCCCCCCCCC/C=C\CCCCCCCCCCCCCCCC(=O)NC(COC1OC(CO)C(O)C(OS(=O)(=O)O)C1O)C(O)/C=C/CCCCCCCCCCCCCCCCCCCC. The summed E-state index contributed by atoms with van der Waals surface area (Å²) in [5.74, 6) is -0.257. The number of carbonyl (C=O) groups is 1. The summed E-state index contributed by atoms with van der Waals surface area (Å²) >= 11 is 0.